The third-order valence-electron chi connectivity index (χ3n) is 2.73. The maximum absolute atomic E-state index is 11.6. The van der Waals surface area contributed by atoms with Crippen molar-refractivity contribution in [3.05, 3.63) is 0 Å². The lowest BCUT2D eigenvalue weighted by molar-refractivity contribution is 0.568. The van der Waals surface area contributed by atoms with Crippen LogP contribution < -0.4 is 15.4 Å². The highest BCUT2D eigenvalue weighted by Gasteiger charge is 2.33. The van der Waals surface area contributed by atoms with Gasteiger partial charge in [-0.25, -0.2) is 13.1 Å². The Bertz CT molecular complexity index is 392. The van der Waals surface area contributed by atoms with Gasteiger partial charge in [-0.3, -0.25) is 4.99 Å². The zero-order valence-corrected chi connectivity index (χ0v) is 12.3. The number of nitrogens with one attached hydrogen (secondary N) is 3. The molecule has 0 amide bonds. The van der Waals surface area contributed by atoms with E-state index in [1.807, 2.05) is 0 Å². The second-order valence-corrected chi connectivity index (χ2v) is 6.93. The second-order valence-electron chi connectivity index (χ2n) is 5.05. The van der Waals surface area contributed by atoms with Gasteiger partial charge >= 0.3 is 0 Å². The lowest BCUT2D eigenvalue weighted by Gasteiger charge is -2.13. The fourth-order valence-corrected chi connectivity index (χ4v) is 2.82. The van der Waals surface area contributed by atoms with Crippen LogP contribution in [-0.2, 0) is 10.0 Å². The van der Waals surface area contributed by atoms with E-state index in [0.717, 1.165) is 6.42 Å². The highest BCUT2D eigenvalue weighted by atomic mass is 32.2. The molecule has 0 radical (unpaired) electrons. The van der Waals surface area contributed by atoms with E-state index in [1.165, 1.54) is 0 Å². The van der Waals surface area contributed by atoms with Crippen LogP contribution in [0.15, 0.2) is 4.99 Å². The Morgan fingerprint density at radius 2 is 2.06 bits per heavy atom. The second kappa shape index (κ2) is 6.38. The number of guanidine groups is 1. The molecule has 6 nitrogen and oxygen atoms in total. The molecule has 0 heterocycles. The molecule has 2 atom stereocenters. The highest BCUT2D eigenvalue weighted by Crippen LogP contribution is 2.28. The molecule has 0 spiro atoms. The van der Waals surface area contributed by atoms with E-state index in [-0.39, 0.29) is 11.8 Å². The average molecular weight is 276 g/mol. The summed E-state index contributed by atoms with van der Waals surface area (Å²) < 4.78 is 25.7. The van der Waals surface area contributed by atoms with Crippen LogP contribution in [0.5, 0.6) is 0 Å². The van der Waals surface area contributed by atoms with Crippen LogP contribution in [0, 0.1) is 5.92 Å². The summed E-state index contributed by atoms with van der Waals surface area (Å²) in [7, 11) is -1.52. The van der Waals surface area contributed by atoms with E-state index >= 15 is 0 Å². The lowest BCUT2D eigenvalue weighted by atomic mass is 10.4. The topological polar surface area (TPSA) is 82.6 Å². The molecule has 0 aliphatic heterocycles. The first-order chi connectivity index (χ1) is 8.34. The Morgan fingerprint density at radius 1 is 1.44 bits per heavy atom. The normalized spacial score (nSPS) is 24.2. The van der Waals surface area contributed by atoms with Gasteiger partial charge in [-0.05, 0) is 26.2 Å². The molecule has 18 heavy (non-hydrogen) atoms. The molecule has 3 N–H and O–H groups in total. The largest absolute Gasteiger partial charge is 0.355 e. The zero-order chi connectivity index (χ0) is 13.8. The van der Waals surface area contributed by atoms with E-state index < -0.39 is 10.0 Å². The Kier molecular flexibility index (Phi) is 5.40. The molecule has 1 aliphatic carbocycles. The smallest absolute Gasteiger partial charge is 0.213 e. The number of sulfonamides is 1. The van der Waals surface area contributed by atoms with Gasteiger partial charge in [-0.1, -0.05) is 6.92 Å². The van der Waals surface area contributed by atoms with Crippen molar-refractivity contribution in [2.45, 2.75) is 39.3 Å². The van der Waals surface area contributed by atoms with Crippen molar-refractivity contribution in [1.29, 1.82) is 0 Å². The van der Waals surface area contributed by atoms with E-state index in [1.54, 1.807) is 20.9 Å². The molecule has 0 bridgehead atoms. The standard InChI is InChI=1S/C11H24N4O2S/c1-8(2)15-18(16,17)6-5-13-11(12-4)14-10-7-9(10)3/h8-10,15H,5-7H2,1-4H3,(H2,12,13,14). The van der Waals surface area contributed by atoms with Crippen LogP contribution >= 0.6 is 0 Å². The zero-order valence-electron chi connectivity index (χ0n) is 11.5. The molecule has 1 aliphatic rings. The van der Waals surface area contributed by atoms with Gasteiger partial charge in [0.2, 0.25) is 10.0 Å². The summed E-state index contributed by atoms with van der Waals surface area (Å²) >= 11 is 0. The third kappa shape index (κ3) is 5.68. The number of nitrogens with zero attached hydrogens (tertiary/aromatic N) is 1. The summed E-state index contributed by atoms with van der Waals surface area (Å²) in [5.41, 5.74) is 0. The molecule has 1 fully saturated rings. The summed E-state index contributed by atoms with van der Waals surface area (Å²) in [5.74, 6) is 1.39. The van der Waals surface area contributed by atoms with Crippen LogP contribution in [0.4, 0.5) is 0 Å². The highest BCUT2D eigenvalue weighted by molar-refractivity contribution is 7.89. The van der Waals surface area contributed by atoms with E-state index in [4.69, 9.17) is 0 Å². The maximum Gasteiger partial charge on any atom is 0.213 e. The molecular weight excluding hydrogens is 252 g/mol. The summed E-state index contributed by atoms with van der Waals surface area (Å²) in [4.78, 5) is 4.06. The minimum Gasteiger partial charge on any atom is -0.355 e. The van der Waals surface area contributed by atoms with Gasteiger partial charge in [0.25, 0.3) is 0 Å². The van der Waals surface area contributed by atoms with Crippen LogP contribution in [0.2, 0.25) is 0 Å². The van der Waals surface area contributed by atoms with Crippen molar-refractivity contribution in [2.75, 3.05) is 19.3 Å². The molecule has 1 rings (SSSR count). The Labute approximate surface area is 110 Å². The van der Waals surface area contributed by atoms with Gasteiger partial charge in [0.05, 0.1) is 5.75 Å². The van der Waals surface area contributed by atoms with Crippen molar-refractivity contribution in [1.82, 2.24) is 15.4 Å². The van der Waals surface area contributed by atoms with E-state index in [0.29, 0.717) is 24.5 Å². The quantitative estimate of drug-likeness (QED) is 0.467. The van der Waals surface area contributed by atoms with Crippen molar-refractivity contribution in [3.63, 3.8) is 0 Å². The molecule has 0 aromatic carbocycles. The molecule has 1 saturated carbocycles. The fourth-order valence-electron chi connectivity index (χ4n) is 1.62. The maximum atomic E-state index is 11.6. The molecule has 0 aromatic rings. The van der Waals surface area contributed by atoms with E-state index in [9.17, 15) is 8.42 Å². The molecule has 2 unspecified atom stereocenters. The molecule has 106 valence electrons. The summed E-state index contributed by atoms with van der Waals surface area (Å²) in [6.45, 7) is 6.13. The molecular formula is C11H24N4O2S. The molecule has 7 heteroatoms. The van der Waals surface area contributed by atoms with E-state index in [2.05, 4.69) is 27.3 Å². The predicted molar refractivity (Wildman–Crippen MR) is 74.1 cm³/mol. The van der Waals surface area contributed by atoms with Crippen molar-refractivity contribution < 1.29 is 8.42 Å². The van der Waals surface area contributed by atoms with Crippen LogP contribution in [0.1, 0.15) is 27.2 Å². The first-order valence-electron chi connectivity index (χ1n) is 6.31. The fraction of sp³-hybridized carbons (Fsp3) is 0.909. The van der Waals surface area contributed by atoms with Gasteiger partial charge in [0, 0.05) is 25.7 Å². The van der Waals surface area contributed by atoms with Crippen LogP contribution in [-0.4, -0.2) is 45.8 Å². The monoisotopic (exact) mass is 276 g/mol. The minimum atomic E-state index is -3.20. The lowest BCUT2D eigenvalue weighted by Crippen LogP contribution is -2.43. The summed E-state index contributed by atoms with van der Waals surface area (Å²) in [6, 6.07) is 0.404. The van der Waals surface area contributed by atoms with Gasteiger partial charge in [0.1, 0.15) is 0 Å². The summed E-state index contributed by atoms with van der Waals surface area (Å²) in [6.07, 6.45) is 1.15. The van der Waals surface area contributed by atoms with Crippen molar-refractivity contribution in [3.8, 4) is 0 Å². The predicted octanol–water partition coefficient (Wildman–Crippen LogP) is -0.112. The SMILES string of the molecule is CN=C(NCCS(=O)(=O)NC(C)C)NC1CC1C. The molecule has 0 aromatic heterocycles. The minimum absolute atomic E-state index is 0.0477. The van der Waals surface area contributed by atoms with Crippen molar-refractivity contribution in [2.24, 2.45) is 10.9 Å². The Hall–Kier alpha value is -0.820. The van der Waals surface area contributed by atoms with Gasteiger partial charge in [-0.2, -0.15) is 0 Å². The first kappa shape index (κ1) is 15.2. The number of hydrogen-bond acceptors (Lipinski definition) is 3. The van der Waals surface area contributed by atoms with Gasteiger partial charge in [0.15, 0.2) is 5.96 Å². The Morgan fingerprint density at radius 3 is 2.50 bits per heavy atom. The van der Waals surface area contributed by atoms with Crippen LogP contribution in [0.25, 0.3) is 0 Å². The number of aliphatic imine (C=N–C) groups is 1. The van der Waals surface area contributed by atoms with Crippen molar-refractivity contribution >= 4 is 16.0 Å². The third-order valence-corrected chi connectivity index (χ3v) is 4.31. The van der Waals surface area contributed by atoms with Gasteiger partial charge in [-0.15, -0.1) is 0 Å². The average Bonchev–Trinajstić information content (AvgIpc) is 2.90. The number of rotatable bonds is 6. The summed E-state index contributed by atoms with van der Waals surface area (Å²) in [5, 5.41) is 6.25. The number of hydrogen-bond donors (Lipinski definition) is 3. The van der Waals surface area contributed by atoms with Crippen LogP contribution in [0.3, 0.4) is 0 Å². The molecule has 0 saturated heterocycles. The Balaban J connectivity index is 2.27. The first-order valence-corrected chi connectivity index (χ1v) is 7.96. The van der Waals surface area contributed by atoms with Gasteiger partial charge < -0.3 is 10.6 Å².